The van der Waals surface area contributed by atoms with Gasteiger partial charge >= 0.3 is 6.03 Å². The lowest BCUT2D eigenvalue weighted by Crippen LogP contribution is -2.48. The van der Waals surface area contributed by atoms with Crippen molar-refractivity contribution < 1.29 is 19.1 Å². The molecule has 7 heteroatoms. The van der Waals surface area contributed by atoms with Crippen LogP contribution in [0.1, 0.15) is 37.7 Å². The smallest absolute Gasteiger partial charge is 0.325 e. The summed E-state index contributed by atoms with van der Waals surface area (Å²) in [5.41, 5.74) is -0.459. The molecule has 3 aliphatic rings. The van der Waals surface area contributed by atoms with Gasteiger partial charge in [-0.2, -0.15) is 0 Å². The quantitative estimate of drug-likeness (QED) is 0.816. The summed E-state index contributed by atoms with van der Waals surface area (Å²) in [6.45, 7) is 1.54. The molecule has 4 rings (SSSR count). The Morgan fingerprint density at radius 2 is 1.85 bits per heavy atom. The molecule has 1 aromatic carbocycles. The van der Waals surface area contributed by atoms with Crippen LogP contribution in [0.4, 0.5) is 4.79 Å². The van der Waals surface area contributed by atoms with E-state index in [1.807, 2.05) is 12.1 Å². The van der Waals surface area contributed by atoms with E-state index in [2.05, 4.69) is 5.32 Å². The summed E-state index contributed by atoms with van der Waals surface area (Å²) in [6, 6.07) is 6.74. The summed E-state index contributed by atoms with van der Waals surface area (Å²) in [7, 11) is 0. The van der Waals surface area contributed by atoms with Gasteiger partial charge < -0.3 is 15.0 Å². The number of carbonyl (C=O) groups excluding carboxylic acids is 3. The maximum atomic E-state index is 13.2. The number of benzene rings is 1. The predicted molar refractivity (Wildman–Crippen MR) is 93.5 cm³/mol. The van der Waals surface area contributed by atoms with Gasteiger partial charge in [0.2, 0.25) is 5.91 Å². The number of nitrogens with one attached hydrogen (secondary N) is 1. The highest BCUT2D eigenvalue weighted by atomic mass is 16.5. The van der Waals surface area contributed by atoms with Crippen LogP contribution in [0.25, 0.3) is 0 Å². The van der Waals surface area contributed by atoms with Crippen LogP contribution < -0.4 is 10.1 Å². The molecule has 3 aliphatic heterocycles. The zero-order valence-electron chi connectivity index (χ0n) is 14.7. The van der Waals surface area contributed by atoms with Gasteiger partial charge in [0.15, 0.2) is 5.54 Å². The number of carbonyl (C=O) groups is 3. The van der Waals surface area contributed by atoms with Crippen molar-refractivity contribution in [2.45, 2.75) is 37.6 Å². The third-order valence-corrected chi connectivity index (χ3v) is 5.51. The van der Waals surface area contributed by atoms with Crippen molar-refractivity contribution in [2.75, 3.05) is 26.2 Å². The second kappa shape index (κ2) is 6.63. The highest BCUT2D eigenvalue weighted by molar-refractivity contribution is 6.09. The Morgan fingerprint density at radius 3 is 2.62 bits per heavy atom. The fraction of sp³-hybridized carbons (Fsp3) is 0.526. The molecule has 2 saturated heterocycles. The summed E-state index contributed by atoms with van der Waals surface area (Å²) in [6.07, 6.45) is 4.55. The van der Waals surface area contributed by atoms with Gasteiger partial charge in [0.25, 0.3) is 5.91 Å². The third kappa shape index (κ3) is 2.71. The number of hydrogen-bond acceptors (Lipinski definition) is 4. The van der Waals surface area contributed by atoms with E-state index in [1.54, 1.807) is 17.0 Å². The molecule has 1 unspecified atom stereocenters. The zero-order valence-corrected chi connectivity index (χ0v) is 14.7. The van der Waals surface area contributed by atoms with Gasteiger partial charge in [0.05, 0.1) is 6.61 Å². The fourth-order valence-corrected chi connectivity index (χ4v) is 4.07. The van der Waals surface area contributed by atoms with Crippen molar-refractivity contribution in [3.8, 4) is 5.75 Å². The lowest BCUT2D eigenvalue weighted by molar-refractivity contribution is -0.139. The van der Waals surface area contributed by atoms with Crippen LogP contribution in [-0.2, 0) is 15.1 Å². The molecule has 1 N–H and O–H groups in total. The first-order chi connectivity index (χ1) is 12.6. The number of ether oxygens (including phenoxy) is 1. The largest absolute Gasteiger partial charge is 0.493 e. The van der Waals surface area contributed by atoms with E-state index in [0.29, 0.717) is 37.4 Å². The van der Waals surface area contributed by atoms with E-state index in [0.717, 1.165) is 30.6 Å². The Labute approximate surface area is 152 Å². The monoisotopic (exact) mass is 357 g/mol. The van der Waals surface area contributed by atoms with Gasteiger partial charge in [-0.05, 0) is 18.9 Å². The molecule has 1 aromatic rings. The second-order valence-corrected chi connectivity index (χ2v) is 7.12. The molecular formula is C19H23N3O4. The van der Waals surface area contributed by atoms with Crippen LogP contribution in [0.5, 0.6) is 5.75 Å². The minimum absolute atomic E-state index is 0.159. The normalized spacial score (nSPS) is 25.5. The molecule has 0 radical (unpaired) electrons. The van der Waals surface area contributed by atoms with Gasteiger partial charge in [0.1, 0.15) is 12.3 Å². The third-order valence-electron chi connectivity index (χ3n) is 5.51. The van der Waals surface area contributed by atoms with Gasteiger partial charge in [-0.15, -0.1) is 0 Å². The fourth-order valence-electron chi connectivity index (χ4n) is 4.07. The first kappa shape index (κ1) is 16.9. The van der Waals surface area contributed by atoms with Gasteiger partial charge in [-0.3, -0.25) is 14.5 Å². The average molecular weight is 357 g/mol. The number of rotatable bonds is 2. The number of imide groups is 1. The van der Waals surface area contributed by atoms with Crippen LogP contribution >= 0.6 is 0 Å². The van der Waals surface area contributed by atoms with Crippen molar-refractivity contribution in [3.05, 3.63) is 29.8 Å². The first-order valence-corrected chi connectivity index (χ1v) is 9.26. The Hall–Kier alpha value is -2.57. The van der Waals surface area contributed by atoms with E-state index in [9.17, 15) is 14.4 Å². The number of urea groups is 1. The standard InChI is InChI=1S/C19H23N3O4/c23-16(21-10-5-1-2-6-11-21)13-22-17(24)19(20-18(22)25)9-12-26-15-8-4-3-7-14(15)19/h3-4,7-8H,1-2,5-6,9-13H2,(H,20,25). The van der Waals surface area contributed by atoms with Gasteiger partial charge in [0, 0.05) is 25.1 Å². The molecule has 0 saturated carbocycles. The van der Waals surface area contributed by atoms with Crippen molar-refractivity contribution in [1.29, 1.82) is 0 Å². The Kier molecular flexibility index (Phi) is 4.30. The first-order valence-electron chi connectivity index (χ1n) is 9.26. The molecule has 1 atom stereocenters. The van der Waals surface area contributed by atoms with E-state index >= 15 is 0 Å². The zero-order chi connectivity index (χ0) is 18.1. The number of hydrogen-bond donors (Lipinski definition) is 1. The minimum Gasteiger partial charge on any atom is -0.493 e. The summed E-state index contributed by atoms with van der Waals surface area (Å²) >= 11 is 0. The van der Waals surface area contributed by atoms with E-state index < -0.39 is 11.6 Å². The number of nitrogens with zero attached hydrogens (tertiary/aromatic N) is 2. The summed E-state index contributed by atoms with van der Waals surface area (Å²) in [4.78, 5) is 41.2. The number of fused-ring (bicyclic) bond motifs is 2. The van der Waals surface area contributed by atoms with E-state index in [1.165, 1.54) is 0 Å². The lowest BCUT2D eigenvalue weighted by atomic mass is 9.84. The van der Waals surface area contributed by atoms with Crippen molar-refractivity contribution in [3.63, 3.8) is 0 Å². The van der Waals surface area contributed by atoms with Crippen LogP contribution in [-0.4, -0.2) is 53.9 Å². The van der Waals surface area contributed by atoms with Crippen LogP contribution in [0.15, 0.2) is 24.3 Å². The molecule has 26 heavy (non-hydrogen) atoms. The number of para-hydroxylation sites is 1. The van der Waals surface area contributed by atoms with Crippen LogP contribution in [0.3, 0.4) is 0 Å². The van der Waals surface area contributed by atoms with Crippen molar-refractivity contribution >= 4 is 17.8 Å². The highest BCUT2D eigenvalue weighted by Crippen LogP contribution is 2.40. The predicted octanol–water partition coefficient (Wildman–Crippen LogP) is 1.62. The molecule has 0 aromatic heterocycles. The van der Waals surface area contributed by atoms with Crippen LogP contribution in [0.2, 0.25) is 0 Å². The summed E-state index contributed by atoms with van der Waals surface area (Å²) in [5, 5.41) is 2.83. The molecule has 3 heterocycles. The minimum atomic E-state index is -1.12. The molecule has 0 aliphatic carbocycles. The molecule has 4 amide bonds. The summed E-state index contributed by atoms with van der Waals surface area (Å²) in [5.74, 6) is 0.0855. The molecule has 0 bridgehead atoms. The second-order valence-electron chi connectivity index (χ2n) is 7.12. The van der Waals surface area contributed by atoms with Crippen LogP contribution in [0, 0.1) is 0 Å². The lowest BCUT2D eigenvalue weighted by Gasteiger charge is -2.33. The van der Waals surface area contributed by atoms with Gasteiger partial charge in [-0.25, -0.2) is 4.79 Å². The Bertz CT molecular complexity index is 742. The molecule has 1 spiro atoms. The number of likely N-dealkylation sites (tertiary alicyclic amines) is 1. The molecule has 2 fully saturated rings. The average Bonchev–Trinajstić information content (AvgIpc) is 2.86. The van der Waals surface area contributed by atoms with Gasteiger partial charge in [-0.1, -0.05) is 31.0 Å². The van der Waals surface area contributed by atoms with E-state index in [4.69, 9.17) is 4.74 Å². The highest BCUT2D eigenvalue weighted by Gasteiger charge is 2.55. The Balaban J connectivity index is 1.56. The SMILES string of the molecule is O=C(CN1C(=O)NC2(CCOc3ccccc32)C1=O)N1CCCCCC1. The van der Waals surface area contributed by atoms with E-state index in [-0.39, 0.29) is 18.4 Å². The maximum absolute atomic E-state index is 13.2. The Morgan fingerprint density at radius 1 is 1.12 bits per heavy atom. The molecule has 138 valence electrons. The molecular weight excluding hydrogens is 334 g/mol. The van der Waals surface area contributed by atoms with Crippen molar-refractivity contribution in [2.24, 2.45) is 0 Å². The molecule has 7 nitrogen and oxygen atoms in total. The van der Waals surface area contributed by atoms with Crippen molar-refractivity contribution in [1.82, 2.24) is 15.1 Å². The number of amides is 4. The maximum Gasteiger partial charge on any atom is 0.325 e. The topological polar surface area (TPSA) is 79.0 Å². The summed E-state index contributed by atoms with van der Waals surface area (Å²) < 4.78 is 5.62.